The second-order valence-electron chi connectivity index (χ2n) is 8.08. The number of carbonyl (C=O) groups excluding carboxylic acids is 2. The van der Waals surface area contributed by atoms with Gasteiger partial charge in [0.15, 0.2) is 0 Å². The summed E-state index contributed by atoms with van der Waals surface area (Å²) < 4.78 is 4.89. The first kappa shape index (κ1) is 22.8. The van der Waals surface area contributed by atoms with Gasteiger partial charge in [0.2, 0.25) is 0 Å². The lowest BCUT2D eigenvalue weighted by Crippen LogP contribution is -2.56. The van der Waals surface area contributed by atoms with E-state index in [2.05, 4.69) is 58.7 Å². The summed E-state index contributed by atoms with van der Waals surface area (Å²) in [6.07, 6.45) is 0.781. The molecule has 2 amide bonds. The van der Waals surface area contributed by atoms with Gasteiger partial charge in [0.25, 0.3) is 0 Å². The Morgan fingerprint density at radius 2 is 1.45 bits per heavy atom. The summed E-state index contributed by atoms with van der Waals surface area (Å²) in [6, 6.07) is 20.3. The lowest BCUT2D eigenvalue weighted by Gasteiger charge is -2.40. The van der Waals surface area contributed by atoms with Crippen molar-refractivity contribution in [3.05, 3.63) is 71.8 Å². The quantitative estimate of drug-likeness (QED) is 0.690. The normalized spacial score (nSPS) is 16.6. The number of hydrogen-bond donors (Lipinski definition) is 1. The zero-order valence-corrected chi connectivity index (χ0v) is 18.7. The van der Waals surface area contributed by atoms with Gasteiger partial charge in [-0.3, -0.25) is 4.90 Å². The standard InChI is InChI=1S/C25H33N3O3/c1-4-19(2)22(24(29)31-3)26-25(30)28-17-15-27(16-18-28)23(20-11-7-5-8-12-20)21-13-9-6-10-14-21/h5-14,19,22-23H,4,15-18H2,1-3H3,(H,26,30)/t19?,22-/m0/s1. The first-order chi connectivity index (χ1) is 15.0. The van der Waals surface area contributed by atoms with E-state index in [-0.39, 0.29) is 18.0 Å². The highest BCUT2D eigenvalue weighted by atomic mass is 16.5. The van der Waals surface area contributed by atoms with Crippen molar-refractivity contribution in [2.24, 2.45) is 5.92 Å². The number of amides is 2. The van der Waals surface area contributed by atoms with Gasteiger partial charge in [-0.05, 0) is 17.0 Å². The summed E-state index contributed by atoms with van der Waals surface area (Å²) in [6.45, 7) is 6.68. The fraction of sp³-hybridized carbons (Fsp3) is 0.440. The van der Waals surface area contributed by atoms with Gasteiger partial charge in [-0.15, -0.1) is 0 Å². The number of nitrogens with one attached hydrogen (secondary N) is 1. The number of rotatable bonds is 7. The van der Waals surface area contributed by atoms with E-state index in [9.17, 15) is 9.59 Å². The SMILES string of the molecule is CCC(C)[C@H](NC(=O)N1CCN(C(c2ccccc2)c2ccccc2)CC1)C(=O)OC. The van der Waals surface area contributed by atoms with Crippen LogP contribution in [0.2, 0.25) is 0 Å². The number of urea groups is 1. The van der Waals surface area contributed by atoms with Crippen molar-refractivity contribution in [2.75, 3.05) is 33.3 Å². The first-order valence-corrected chi connectivity index (χ1v) is 11.0. The van der Waals surface area contributed by atoms with E-state index in [0.717, 1.165) is 19.5 Å². The molecule has 2 atom stereocenters. The number of ether oxygens (including phenoxy) is 1. The number of methoxy groups -OCH3 is 1. The Morgan fingerprint density at radius 3 is 1.90 bits per heavy atom. The topological polar surface area (TPSA) is 61.9 Å². The second-order valence-corrected chi connectivity index (χ2v) is 8.08. The minimum Gasteiger partial charge on any atom is -0.467 e. The van der Waals surface area contributed by atoms with Gasteiger partial charge in [-0.1, -0.05) is 80.9 Å². The Bertz CT molecular complexity index is 796. The zero-order valence-electron chi connectivity index (χ0n) is 18.7. The average molecular weight is 424 g/mol. The molecule has 1 heterocycles. The van der Waals surface area contributed by atoms with Gasteiger partial charge >= 0.3 is 12.0 Å². The highest BCUT2D eigenvalue weighted by Crippen LogP contribution is 2.29. The van der Waals surface area contributed by atoms with Crippen LogP contribution in [0.3, 0.4) is 0 Å². The molecule has 1 aliphatic heterocycles. The van der Waals surface area contributed by atoms with Crippen molar-refractivity contribution in [2.45, 2.75) is 32.4 Å². The molecule has 2 aromatic carbocycles. The molecule has 2 aromatic rings. The van der Waals surface area contributed by atoms with E-state index in [1.807, 2.05) is 26.0 Å². The van der Waals surface area contributed by atoms with Gasteiger partial charge in [-0.25, -0.2) is 9.59 Å². The predicted molar refractivity (Wildman–Crippen MR) is 122 cm³/mol. The van der Waals surface area contributed by atoms with Crippen LogP contribution in [0.4, 0.5) is 4.79 Å². The Balaban J connectivity index is 1.68. The van der Waals surface area contributed by atoms with E-state index in [1.54, 1.807) is 4.90 Å². The van der Waals surface area contributed by atoms with Crippen LogP contribution in [0.15, 0.2) is 60.7 Å². The van der Waals surface area contributed by atoms with Crippen molar-refractivity contribution < 1.29 is 14.3 Å². The van der Waals surface area contributed by atoms with Crippen LogP contribution < -0.4 is 5.32 Å². The summed E-state index contributed by atoms with van der Waals surface area (Å²) in [5.41, 5.74) is 2.49. The molecular weight excluding hydrogens is 390 g/mol. The molecule has 1 aliphatic rings. The van der Waals surface area contributed by atoms with Crippen molar-refractivity contribution in [1.29, 1.82) is 0 Å². The molecule has 0 aromatic heterocycles. The summed E-state index contributed by atoms with van der Waals surface area (Å²) in [5.74, 6) is -0.382. The highest BCUT2D eigenvalue weighted by Gasteiger charge is 2.31. The summed E-state index contributed by atoms with van der Waals surface area (Å²) in [5, 5.41) is 2.89. The van der Waals surface area contributed by atoms with Gasteiger partial charge < -0.3 is 15.0 Å². The van der Waals surface area contributed by atoms with Gasteiger partial charge in [0, 0.05) is 26.2 Å². The molecule has 1 unspecified atom stereocenters. The Hall–Kier alpha value is -2.86. The maximum absolute atomic E-state index is 12.9. The number of esters is 1. The van der Waals surface area contributed by atoms with Gasteiger partial charge in [0.1, 0.15) is 6.04 Å². The molecule has 1 N–H and O–H groups in total. The fourth-order valence-corrected chi connectivity index (χ4v) is 4.09. The Kier molecular flexibility index (Phi) is 8.06. The Labute approximate surface area is 185 Å². The van der Waals surface area contributed by atoms with Crippen LogP contribution in [0, 0.1) is 5.92 Å². The molecular formula is C25H33N3O3. The van der Waals surface area contributed by atoms with Crippen LogP contribution in [0.1, 0.15) is 37.4 Å². The van der Waals surface area contributed by atoms with E-state index in [4.69, 9.17) is 4.74 Å². The van der Waals surface area contributed by atoms with Crippen molar-refractivity contribution in [1.82, 2.24) is 15.1 Å². The van der Waals surface area contributed by atoms with Crippen molar-refractivity contribution in [3.63, 3.8) is 0 Å². The molecule has 6 heteroatoms. The smallest absolute Gasteiger partial charge is 0.328 e. The van der Waals surface area contributed by atoms with Crippen LogP contribution in [0.5, 0.6) is 0 Å². The minimum absolute atomic E-state index is 0.0123. The molecule has 6 nitrogen and oxygen atoms in total. The van der Waals surface area contributed by atoms with Crippen LogP contribution in [0.25, 0.3) is 0 Å². The largest absolute Gasteiger partial charge is 0.467 e. The van der Waals surface area contributed by atoms with Gasteiger partial charge in [0.05, 0.1) is 13.2 Å². The molecule has 0 spiro atoms. The second kappa shape index (κ2) is 11.0. The molecule has 0 bridgehead atoms. The lowest BCUT2D eigenvalue weighted by molar-refractivity contribution is -0.144. The molecule has 0 aliphatic carbocycles. The maximum atomic E-state index is 12.9. The molecule has 31 heavy (non-hydrogen) atoms. The van der Waals surface area contributed by atoms with E-state index in [1.165, 1.54) is 18.2 Å². The Morgan fingerprint density at radius 1 is 0.935 bits per heavy atom. The van der Waals surface area contributed by atoms with E-state index in [0.29, 0.717) is 13.1 Å². The third kappa shape index (κ3) is 5.64. The number of carbonyl (C=O) groups is 2. The van der Waals surface area contributed by atoms with Crippen LogP contribution >= 0.6 is 0 Å². The monoisotopic (exact) mass is 423 g/mol. The zero-order chi connectivity index (χ0) is 22.2. The molecule has 1 saturated heterocycles. The molecule has 3 rings (SSSR count). The van der Waals surface area contributed by atoms with Crippen molar-refractivity contribution in [3.8, 4) is 0 Å². The number of piperazine rings is 1. The maximum Gasteiger partial charge on any atom is 0.328 e. The highest BCUT2D eigenvalue weighted by molar-refractivity contribution is 5.83. The number of nitrogens with zero attached hydrogens (tertiary/aromatic N) is 2. The third-order valence-corrected chi connectivity index (χ3v) is 6.14. The molecule has 0 radical (unpaired) electrons. The lowest BCUT2D eigenvalue weighted by atomic mass is 9.96. The molecule has 0 saturated carbocycles. The third-order valence-electron chi connectivity index (χ3n) is 6.14. The fourth-order valence-electron chi connectivity index (χ4n) is 4.09. The van der Waals surface area contributed by atoms with Crippen molar-refractivity contribution >= 4 is 12.0 Å². The average Bonchev–Trinajstić information content (AvgIpc) is 2.83. The van der Waals surface area contributed by atoms with E-state index >= 15 is 0 Å². The molecule has 1 fully saturated rings. The van der Waals surface area contributed by atoms with Crippen LogP contribution in [-0.2, 0) is 9.53 Å². The number of benzene rings is 2. The minimum atomic E-state index is -0.623. The molecule has 166 valence electrons. The van der Waals surface area contributed by atoms with E-state index < -0.39 is 12.0 Å². The summed E-state index contributed by atoms with van der Waals surface area (Å²) in [4.78, 5) is 29.2. The van der Waals surface area contributed by atoms with Crippen LogP contribution in [-0.4, -0.2) is 61.1 Å². The van der Waals surface area contributed by atoms with Gasteiger partial charge in [-0.2, -0.15) is 0 Å². The summed E-state index contributed by atoms with van der Waals surface area (Å²) in [7, 11) is 1.36. The summed E-state index contributed by atoms with van der Waals surface area (Å²) >= 11 is 0. The number of hydrogen-bond acceptors (Lipinski definition) is 4. The first-order valence-electron chi connectivity index (χ1n) is 11.0. The predicted octanol–water partition coefficient (Wildman–Crippen LogP) is 3.69.